The van der Waals surface area contributed by atoms with Gasteiger partial charge in [-0.3, -0.25) is 0 Å². The Labute approximate surface area is 53.0 Å². The maximum Gasteiger partial charge on any atom is 0.559 e. The minimum atomic E-state index is -5.50. The Bertz CT molecular complexity index is 29.5. The van der Waals surface area contributed by atoms with Crippen molar-refractivity contribution in [2.45, 2.75) is 6.43 Å². The summed E-state index contributed by atoms with van der Waals surface area (Å²) in [4.78, 5) is 0. The fourth-order valence-electron chi connectivity index (χ4n) is 0. The van der Waals surface area contributed by atoms with Crippen LogP contribution in [0.2, 0.25) is 0 Å². The van der Waals surface area contributed by atoms with Crippen molar-refractivity contribution in [1.82, 2.24) is 0 Å². The van der Waals surface area contributed by atoms with Crippen molar-refractivity contribution in [3.63, 3.8) is 0 Å². The summed E-state index contributed by atoms with van der Waals surface area (Å²) in [7, 11) is 0. The third-order valence-electron chi connectivity index (χ3n) is 0. The molecule has 0 rings (SSSR count). The van der Waals surface area contributed by atoms with E-state index in [0.29, 0.717) is 0 Å². The molecule has 0 unspecified atom stereocenters. The fraction of sp³-hybridized carbons (Fsp3) is 1.00. The van der Waals surface area contributed by atoms with E-state index in [1.165, 1.54) is 0 Å². The van der Waals surface area contributed by atoms with Crippen molar-refractivity contribution in [3.8, 4) is 0 Å². The summed E-state index contributed by atoms with van der Waals surface area (Å²) in [6, 6.07) is 0. The molecule has 0 aliphatic carbocycles. The second-order valence-corrected chi connectivity index (χ2v) is 0.429. The first-order chi connectivity index (χ1) is 2.00. The Morgan fingerprint density at radius 1 is 0.750 bits per heavy atom. The van der Waals surface area contributed by atoms with Gasteiger partial charge in [-0.15, -0.1) is 17.6 Å². The molecule has 0 bridgehead atoms. The van der Waals surface area contributed by atoms with Crippen molar-refractivity contribution in [2.24, 2.45) is 0 Å². The van der Waals surface area contributed by atoms with Crippen molar-refractivity contribution in [1.29, 1.82) is 0 Å². The Morgan fingerprint density at radius 2 is 0.750 bits per heavy atom. The van der Waals surface area contributed by atoms with Gasteiger partial charge in [-0.2, -0.15) is 0 Å². The van der Waals surface area contributed by atoms with Gasteiger partial charge in [0.2, 0.25) is 0 Å². The van der Waals surface area contributed by atoms with Crippen LogP contribution in [0, 0.1) is 0 Å². The summed E-state index contributed by atoms with van der Waals surface area (Å²) in [5.74, 6) is 0. The number of alkyl halides is 4. The van der Waals surface area contributed by atoms with Crippen LogP contribution in [-0.4, -0.2) is 6.43 Å². The van der Waals surface area contributed by atoms with Crippen LogP contribution in [0.3, 0.4) is 0 Å². The fourth-order valence-corrected chi connectivity index (χ4v) is 0. The molecule has 1 radical (unpaired) electrons. The van der Waals surface area contributed by atoms with Gasteiger partial charge in [0.1, 0.15) is 0 Å². The molecule has 0 aromatic rings. The van der Waals surface area contributed by atoms with Crippen molar-refractivity contribution in [2.75, 3.05) is 0 Å². The molecule has 0 aromatic heterocycles. The smallest absolute Gasteiger partial charge is 0.559 e. The molecule has 0 heterocycles. The van der Waals surface area contributed by atoms with E-state index in [1.807, 2.05) is 0 Å². The monoisotopic (exact) mass is 175 g/mol. The van der Waals surface area contributed by atoms with Gasteiger partial charge in [-0.1, -0.05) is 0 Å². The van der Waals surface area contributed by atoms with E-state index in [-0.39, 0.29) is 28.0 Å². The van der Waals surface area contributed by atoms with Crippen LogP contribution in [-0.2, 0) is 28.0 Å². The molecule has 7 heteroatoms. The van der Waals surface area contributed by atoms with Gasteiger partial charge in [0.25, 0.3) is 0 Å². The standard InChI is InChI=1S/CF4.Mn.2O/c2-1(3,4)5;;;/q;;2*-2. The maximum absolute atomic E-state index is 9.69. The predicted molar refractivity (Wildman–Crippen MR) is 8.54 cm³/mol. The minimum absolute atomic E-state index is 0. The van der Waals surface area contributed by atoms with E-state index in [1.54, 1.807) is 0 Å². The van der Waals surface area contributed by atoms with Crippen LogP contribution < -0.4 is 0 Å². The summed E-state index contributed by atoms with van der Waals surface area (Å²) in [6.07, 6.45) is -5.50. The molecule has 0 aliphatic heterocycles. The van der Waals surface area contributed by atoms with Gasteiger partial charge in [0.05, 0.1) is 0 Å². The predicted octanol–water partition coefficient (Wildman–Crippen LogP) is 1.24. The molecule has 0 amide bonds. The summed E-state index contributed by atoms with van der Waals surface area (Å²) < 4.78 is 38.8. The molecule has 0 saturated heterocycles. The summed E-state index contributed by atoms with van der Waals surface area (Å²) in [5, 5.41) is 0. The van der Waals surface area contributed by atoms with Crippen LogP contribution >= 0.6 is 0 Å². The minimum Gasteiger partial charge on any atom is -2.00 e. The van der Waals surface area contributed by atoms with E-state index in [0.717, 1.165) is 0 Å². The summed E-state index contributed by atoms with van der Waals surface area (Å²) in [6.45, 7) is 0. The Morgan fingerprint density at radius 3 is 0.750 bits per heavy atom. The third-order valence-corrected chi connectivity index (χ3v) is 0. The zero-order valence-electron chi connectivity index (χ0n) is 3.21. The molecule has 0 saturated carbocycles. The third kappa shape index (κ3) is 6450. The van der Waals surface area contributed by atoms with E-state index < -0.39 is 6.43 Å². The molecule has 0 N–H and O–H groups in total. The molecule has 0 atom stereocenters. The van der Waals surface area contributed by atoms with Crippen LogP contribution in [0.15, 0.2) is 0 Å². The summed E-state index contributed by atoms with van der Waals surface area (Å²) >= 11 is 0. The van der Waals surface area contributed by atoms with E-state index in [4.69, 9.17) is 0 Å². The number of hydrogen-bond acceptors (Lipinski definition) is 0. The van der Waals surface area contributed by atoms with Crippen LogP contribution in [0.5, 0.6) is 0 Å². The number of halogens is 4. The normalized spacial score (nSPS) is 7.50. The van der Waals surface area contributed by atoms with Gasteiger partial charge in [-0.25, -0.2) is 0 Å². The van der Waals surface area contributed by atoms with Gasteiger partial charge in [-0.05, 0) is 0 Å². The van der Waals surface area contributed by atoms with E-state index in [9.17, 15) is 17.6 Å². The molecule has 0 aromatic carbocycles. The zero-order valence-corrected chi connectivity index (χ0v) is 4.39. The molecular formula is CF4MnO2-4. The first kappa shape index (κ1) is 24.2. The first-order valence-corrected chi connectivity index (χ1v) is 0.756. The molecule has 0 aliphatic rings. The van der Waals surface area contributed by atoms with Crippen LogP contribution in [0.25, 0.3) is 0 Å². The molecule has 0 spiro atoms. The molecule has 55 valence electrons. The Kier molecular flexibility index (Phi) is 21.6. The number of rotatable bonds is 0. The first-order valence-electron chi connectivity index (χ1n) is 0.756. The quantitative estimate of drug-likeness (QED) is 0.392. The van der Waals surface area contributed by atoms with Gasteiger partial charge < -0.3 is 11.0 Å². The largest absolute Gasteiger partial charge is 2.00 e. The van der Waals surface area contributed by atoms with Crippen molar-refractivity contribution in [3.05, 3.63) is 0 Å². The van der Waals surface area contributed by atoms with Crippen molar-refractivity contribution < 1.29 is 45.6 Å². The summed E-state index contributed by atoms with van der Waals surface area (Å²) in [5.41, 5.74) is 0. The second kappa shape index (κ2) is 7.16. The average Bonchev–Trinajstić information content (AvgIpc) is 0.722. The van der Waals surface area contributed by atoms with Gasteiger partial charge in [0.15, 0.2) is 0 Å². The zero-order chi connectivity index (χ0) is 4.50. The molecule has 8 heavy (non-hydrogen) atoms. The average molecular weight is 175 g/mol. The molecule has 0 fully saturated rings. The maximum atomic E-state index is 9.69. The SMILES string of the molecule is FC(F)(F)F.[Mn].[O-2].[O-2]. The molecular weight excluding hydrogens is 175 g/mol. The Hall–Kier alpha value is 0.159. The van der Waals surface area contributed by atoms with Crippen molar-refractivity contribution >= 4 is 0 Å². The van der Waals surface area contributed by atoms with Gasteiger partial charge in [0, 0.05) is 17.1 Å². The topological polar surface area (TPSA) is 57.0 Å². The van der Waals surface area contributed by atoms with Gasteiger partial charge >= 0.3 is 6.43 Å². The second-order valence-electron chi connectivity index (χ2n) is 0.429. The van der Waals surface area contributed by atoms with E-state index in [2.05, 4.69) is 0 Å². The number of hydrogen-bond donors (Lipinski definition) is 0. The Balaban J connectivity index is -0.0000000267. The van der Waals surface area contributed by atoms with Crippen LogP contribution in [0.1, 0.15) is 0 Å². The van der Waals surface area contributed by atoms with E-state index >= 15 is 0 Å². The molecule has 2 nitrogen and oxygen atoms in total. The van der Waals surface area contributed by atoms with Crippen LogP contribution in [0.4, 0.5) is 17.6 Å².